The van der Waals surface area contributed by atoms with E-state index < -0.39 is 0 Å². The summed E-state index contributed by atoms with van der Waals surface area (Å²) in [7, 11) is 4.06. The molecule has 1 aromatic rings. The second kappa shape index (κ2) is 6.03. The number of nitrogens with zero attached hydrogens (tertiary/aromatic N) is 4. The normalized spacial score (nSPS) is 12.2. The molecule has 1 N–H and O–H groups in total. The van der Waals surface area contributed by atoms with Crippen molar-refractivity contribution in [3.05, 3.63) is 17.8 Å². The Morgan fingerprint density at radius 3 is 2.88 bits per heavy atom. The maximum Gasteiger partial charge on any atom is 0.150 e. The molecule has 0 aliphatic rings. The van der Waals surface area contributed by atoms with Crippen LogP contribution in [0.3, 0.4) is 0 Å². The smallest absolute Gasteiger partial charge is 0.150 e. The fourth-order valence-electron chi connectivity index (χ4n) is 1.43. The van der Waals surface area contributed by atoms with Gasteiger partial charge in [-0.05, 0) is 20.5 Å². The Hall–Kier alpha value is -1.67. The van der Waals surface area contributed by atoms with Gasteiger partial charge in [-0.25, -0.2) is 0 Å². The Bertz CT molecular complexity index is 369. The van der Waals surface area contributed by atoms with Crippen molar-refractivity contribution < 1.29 is 0 Å². The van der Waals surface area contributed by atoms with Crippen LogP contribution in [-0.2, 0) is 0 Å². The second-order valence-electron chi connectivity index (χ2n) is 3.95. The number of anilines is 1. The fraction of sp³-hybridized carbons (Fsp3) is 0.545. The molecular weight excluding hydrogens is 202 g/mol. The largest absolute Gasteiger partial charge is 0.365 e. The number of nitriles is 1. The van der Waals surface area contributed by atoms with E-state index in [0.717, 1.165) is 13.0 Å². The first kappa shape index (κ1) is 12.4. The van der Waals surface area contributed by atoms with Gasteiger partial charge in [-0.2, -0.15) is 10.4 Å². The highest BCUT2D eigenvalue weighted by atomic mass is 15.2. The summed E-state index contributed by atoms with van der Waals surface area (Å²) in [5, 5.41) is 19.7. The van der Waals surface area contributed by atoms with Gasteiger partial charge >= 0.3 is 0 Å². The first-order valence-electron chi connectivity index (χ1n) is 5.29. The molecule has 1 atom stereocenters. The van der Waals surface area contributed by atoms with E-state index in [2.05, 4.69) is 27.3 Å². The molecule has 0 radical (unpaired) electrons. The van der Waals surface area contributed by atoms with E-state index in [1.165, 1.54) is 6.20 Å². The van der Waals surface area contributed by atoms with Crippen molar-refractivity contribution in [1.29, 1.82) is 5.26 Å². The van der Waals surface area contributed by atoms with Crippen LogP contribution >= 0.6 is 0 Å². The molecular formula is C11H17N5. The van der Waals surface area contributed by atoms with Crippen LogP contribution in [0.5, 0.6) is 0 Å². The van der Waals surface area contributed by atoms with Gasteiger partial charge in [0, 0.05) is 18.7 Å². The molecule has 0 aromatic carbocycles. The molecule has 0 spiro atoms. The van der Waals surface area contributed by atoms with Crippen molar-refractivity contribution in [2.24, 2.45) is 0 Å². The molecule has 5 nitrogen and oxygen atoms in total. The third-order valence-corrected chi connectivity index (χ3v) is 2.21. The molecule has 0 saturated heterocycles. The first-order chi connectivity index (χ1) is 7.65. The molecule has 86 valence electrons. The van der Waals surface area contributed by atoms with Gasteiger partial charge in [-0.1, -0.05) is 6.92 Å². The molecule has 0 amide bonds. The summed E-state index contributed by atoms with van der Waals surface area (Å²) in [6.45, 7) is 3.04. The minimum atomic E-state index is 0.318. The molecule has 5 heteroatoms. The summed E-state index contributed by atoms with van der Waals surface area (Å²) in [6, 6.07) is 4.08. The number of aromatic nitrogens is 2. The number of rotatable bonds is 5. The van der Waals surface area contributed by atoms with E-state index in [9.17, 15) is 0 Å². The van der Waals surface area contributed by atoms with Gasteiger partial charge in [0.05, 0.1) is 11.8 Å². The summed E-state index contributed by atoms with van der Waals surface area (Å²) in [4.78, 5) is 2.11. The second-order valence-corrected chi connectivity index (χ2v) is 3.95. The van der Waals surface area contributed by atoms with Gasteiger partial charge in [0.2, 0.25) is 0 Å². The molecule has 0 bridgehead atoms. The van der Waals surface area contributed by atoms with Crippen LogP contribution in [-0.4, -0.2) is 41.8 Å². The van der Waals surface area contributed by atoms with Gasteiger partial charge in [-0.3, -0.25) is 0 Å². The number of likely N-dealkylation sites (N-methyl/N-ethyl adjacent to an activating group) is 1. The monoisotopic (exact) mass is 219 g/mol. The summed E-state index contributed by atoms with van der Waals surface area (Å²) in [6.07, 6.45) is 2.45. The first-order valence-corrected chi connectivity index (χ1v) is 5.29. The van der Waals surface area contributed by atoms with E-state index in [4.69, 9.17) is 5.26 Å². The SMILES string of the molecule is CC[C@H](CN(C)C)Nc1cc(C#N)cnn1. The Morgan fingerprint density at radius 2 is 2.31 bits per heavy atom. The highest BCUT2D eigenvalue weighted by Gasteiger charge is 2.08. The molecule has 0 saturated carbocycles. The van der Waals surface area contributed by atoms with Crippen molar-refractivity contribution in [2.45, 2.75) is 19.4 Å². The molecule has 1 rings (SSSR count). The average Bonchev–Trinajstić information content (AvgIpc) is 2.28. The lowest BCUT2D eigenvalue weighted by atomic mass is 10.2. The van der Waals surface area contributed by atoms with Gasteiger partial charge in [0.15, 0.2) is 0 Å². The van der Waals surface area contributed by atoms with E-state index in [1.807, 2.05) is 20.2 Å². The van der Waals surface area contributed by atoms with E-state index in [-0.39, 0.29) is 0 Å². The lowest BCUT2D eigenvalue weighted by Crippen LogP contribution is -2.32. The highest BCUT2D eigenvalue weighted by molar-refractivity contribution is 5.41. The summed E-state index contributed by atoms with van der Waals surface area (Å²) < 4.78 is 0. The van der Waals surface area contributed by atoms with Gasteiger partial charge in [-0.15, -0.1) is 5.10 Å². The van der Waals surface area contributed by atoms with Crippen LogP contribution in [0.4, 0.5) is 5.82 Å². The third kappa shape index (κ3) is 3.83. The number of hydrogen-bond acceptors (Lipinski definition) is 5. The minimum Gasteiger partial charge on any atom is -0.365 e. The molecule has 1 heterocycles. The Morgan fingerprint density at radius 1 is 1.56 bits per heavy atom. The summed E-state index contributed by atoms with van der Waals surface area (Å²) in [5.41, 5.74) is 0.525. The zero-order valence-corrected chi connectivity index (χ0v) is 9.94. The number of nitrogens with one attached hydrogen (secondary N) is 1. The van der Waals surface area contributed by atoms with Gasteiger partial charge in [0.1, 0.15) is 11.9 Å². The van der Waals surface area contributed by atoms with Crippen LogP contribution in [0.1, 0.15) is 18.9 Å². The maximum absolute atomic E-state index is 8.74. The van der Waals surface area contributed by atoms with Crippen LogP contribution in [0, 0.1) is 11.3 Å². The predicted molar refractivity (Wildman–Crippen MR) is 63.0 cm³/mol. The van der Waals surface area contributed by atoms with Crippen LogP contribution in [0.25, 0.3) is 0 Å². The van der Waals surface area contributed by atoms with Crippen molar-refractivity contribution in [3.63, 3.8) is 0 Å². The van der Waals surface area contributed by atoms with Gasteiger partial charge < -0.3 is 10.2 Å². The van der Waals surface area contributed by atoms with Crippen molar-refractivity contribution in [2.75, 3.05) is 26.0 Å². The Kier molecular flexibility index (Phi) is 4.67. The molecule has 16 heavy (non-hydrogen) atoms. The minimum absolute atomic E-state index is 0.318. The molecule has 0 aliphatic heterocycles. The zero-order valence-electron chi connectivity index (χ0n) is 9.94. The molecule has 0 aliphatic carbocycles. The van der Waals surface area contributed by atoms with Crippen LogP contribution < -0.4 is 5.32 Å². The van der Waals surface area contributed by atoms with E-state index in [1.54, 1.807) is 6.07 Å². The maximum atomic E-state index is 8.74. The Balaban J connectivity index is 2.67. The predicted octanol–water partition coefficient (Wildman–Crippen LogP) is 1.10. The van der Waals surface area contributed by atoms with Crippen molar-refractivity contribution in [1.82, 2.24) is 15.1 Å². The van der Waals surface area contributed by atoms with Gasteiger partial charge in [0.25, 0.3) is 0 Å². The van der Waals surface area contributed by atoms with Crippen LogP contribution in [0.15, 0.2) is 12.3 Å². The van der Waals surface area contributed by atoms with Crippen molar-refractivity contribution >= 4 is 5.82 Å². The van der Waals surface area contributed by atoms with Crippen molar-refractivity contribution in [3.8, 4) is 6.07 Å². The molecule has 0 unspecified atom stereocenters. The zero-order chi connectivity index (χ0) is 12.0. The third-order valence-electron chi connectivity index (χ3n) is 2.21. The lowest BCUT2D eigenvalue weighted by Gasteiger charge is -2.21. The fourth-order valence-corrected chi connectivity index (χ4v) is 1.43. The topological polar surface area (TPSA) is 64.8 Å². The summed E-state index contributed by atoms with van der Waals surface area (Å²) >= 11 is 0. The van der Waals surface area contributed by atoms with Crippen LogP contribution in [0.2, 0.25) is 0 Å². The molecule has 1 aromatic heterocycles. The van der Waals surface area contributed by atoms with E-state index in [0.29, 0.717) is 17.4 Å². The quantitative estimate of drug-likeness (QED) is 0.803. The highest BCUT2D eigenvalue weighted by Crippen LogP contribution is 2.07. The average molecular weight is 219 g/mol. The number of hydrogen-bond donors (Lipinski definition) is 1. The Labute approximate surface area is 96.1 Å². The lowest BCUT2D eigenvalue weighted by molar-refractivity contribution is 0.378. The summed E-state index contributed by atoms with van der Waals surface area (Å²) in [5.74, 6) is 0.660. The van der Waals surface area contributed by atoms with E-state index >= 15 is 0 Å². The standard InChI is InChI=1S/C11H17N5/c1-4-10(8-16(2)3)14-11-5-9(6-12)7-13-15-11/h5,7,10H,4,8H2,1-3H3,(H,14,15)/t10-/m1/s1. The molecule has 0 fully saturated rings.